The molecule has 6 heteroatoms. The maximum absolute atomic E-state index is 13.2. The van der Waals surface area contributed by atoms with Crippen LogP contribution in [0.25, 0.3) is 0 Å². The van der Waals surface area contributed by atoms with Gasteiger partial charge >= 0.3 is 5.97 Å². The van der Waals surface area contributed by atoms with Gasteiger partial charge in [0.2, 0.25) is 0 Å². The van der Waals surface area contributed by atoms with E-state index in [9.17, 15) is 9.18 Å². The summed E-state index contributed by atoms with van der Waals surface area (Å²) in [7, 11) is 3.24. The molecule has 0 aromatic heterocycles. The van der Waals surface area contributed by atoms with Gasteiger partial charge in [-0.05, 0) is 12.1 Å². The number of anilines is 2. The van der Waals surface area contributed by atoms with Gasteiger partial charge in [0.1, 0.15) is 11.4 Å². The van der Waals surface area contributed by atoms with Crippen molar-refractivity contribution >= 4 is 17.3 Å². The van der Waals surface area contributed by atoms with Gasteiger partial charge in [-0.1, -0.05) is 0 Å². The van der Waals surface area contributed by atoms with Gasteiger partial charge in [-0.2, -0.15) is 0 Å². The number of halogens is 1. The molecule has 0 amide bonds. The number of rotatable bonds is 5. The Morgan fingerprint density at radius 2 is 2.24 bits per heavy atom. The van der Waals surface area contributed by atoms with E-state index in [1.54, 1.807) is 19.1 Å². The van der Waals surface area contributed by atoms with Gasteiger partial charge in [0.15, 0.2) is 0 Å². The zero-order chi connectivity index (χ0) is 13.0. The van der Waals surface area contributed by atoms with Crippen LogP contribution in [0.5, 0.6) is 0 Å². The Balaban J connectivity index is 3.15. The Kier molecular flexibility index (Phi) is 4.28. The smallest absolute Gasteiger partial charge is 0.340 e. The number of methoxy groups -OCH3 is 1. The number of nitrogen functional groups attached to an aromatic ring is 1. The second kappa shape index (κ2) is 5.49. The van der Waals surface area contributed by atoms with Crippen LogP contribution in [0.3, 0.4) is 0 Å². The first-order chi connectivity index (χ1) is 7.99. The van der Waals surface area contributed by atoms with E-state index in [2.05, 4.69) is 0 Å². The maximum atomic E-state index is 13.2. The quantitative estimate of drug-likeness (QED) is 0.758. The highest BCUT2D eigenvalue weighted by Gasteiger charge is 2.19. The molecule has 5 nitrogen and oxygen atoms in total. The van der Waals surface area contributed by atoms with Gasteiger partial charge in [-0.3, -0.25) is 0 Å². The summed E-state index contributed by atoms with van der Waals surface area (Å²) in [6.07, 6.45) is 0. The number of nitrogens with two attached hydrogens (primary N) is 1. The van der Waals surface area contributed by atoms with E-state index < -0.39 is 11.8 Å². The molecular weight excluding hydrogens is 227 g/mol. The van der Waals surface area contributed by atoms with Crippen molar-refractivity contribution in [1.29, 1.82) is 0 Å². The molecule has 1 aromatic carbocycles. The lowest BCUT2D eigenvalue weighted by atomic mass is 10.1. The van der Waals surface area contributed by atoms with Gasteiger partial charge in [0, 0.05) is 20.7 Å². The fourth-order valence-corrected chi connectivity index (χ4v) is 1.47. The normalized spacial score (nSPS) is 10.3. The largest absolute Gasteiger partial charge is 0.478 e. The number of nitrogens with zero attached hydrogens (tertiary/aromatic N) is 1. The van der Waals surface area contributed by atoms with Crippen LogP contribution in [0.4, 0.5) is 15.8 Å². The number of carboxylic acid groups (broad SMARTS) is 1. The highest BCUT2D eigenvalue weighted by atomic mass is 19.1. The zero-order valence-corrected chi connectivity index (χ0v) is 9.74. The van der Waals surface area contributed by atoms with E-state index in [4.69, 9.17) is 15.6 Å². The number of likely N-dealkylation sites (N-methyl/N-ethyl adjacent to an activating group) is 1. The lowest BCUT2D eigenvalue weighted by Crippen LogP contribution is -2.25. The van der Waals surface area contributed by atoms with Crippen LogP contribution in [0.1, 0.15) is 10.4 Å². The van der Waals surface area contributed by atoms with E-state index >= 15 is 0 Å². The summed E-state index contributed by atoms with van der Waals surface area (Å²) >= 11 is 0. The number of carboxylic acids is 1. The number of aromatic carboxylic acids is 1. The molecule has 0 radical (unpaired) electrons. The second-order valence-corrected chi connectivity index (χ2v) is 3.57. The third kappa shape index (κ3) is 2.85. The Bertz CT molecular complexity index is 423. The minimum Gasteiger partial charge on any atom is -0.478 e. The molecule has 0 saturated heterocycles. The minimum absolute atomic E-state index is 0.219. The standard InChI is InChI=1S/C11H15FN2O3/c1-14(5-6-17-2)8-4-3-7(12)10(13)9(8)11(15)16/h3-4H,5-6,13H2,1-2H3,(H,15,16). The van der Waals surface area contributed by atoms with Gasteiger partial charge in [-0.25, -0.2) is 9.18 Å². The molecule has 0 aliphatic rings. The van der Waals surface area contributed by atoms with Crippen LogP contribution in [-0.2, 0) is 4.74 Å². The van der Waals surface area contributed by atoms with E-state index in [0.717, 1.165) is 6.07 Å². The van der Waals surface area contributed by atoms with Gasteiger partial charge in [0.25, 0.3) is 0 Å². The van der Waals surface area contributed by atoms with E-state index in [1.165, 1.54) is 6.07 Å². The Hall–Kier alpha value is -1.82. The first kappa shape index (κ1) is 13.2. The molecule has 0 aliphatic heterocycles. The Labute approximate surface area is 98.6 Å². The topological polar surface area (TPSA) is 75.8 Å². The molecule has 17 heavy (non-hydrogen) atoms. The van der Waals surface area contributed by atoms with Crippen molar-refractivity contribution in [3.8, 4) is 0 Å². The fraction of sp³-hybridized carbons (Fsp3) is 0.364. The third-order valence-corrected chi connectivity index (χ3v) is 2.43. The highest BCUT2D eigenvalue weighted by Crippen LogP contribution is 2.27. The predicted molar refractivity (Wildman–Crippen MR) is 62.9 cm³/mol. The van der Waals surface area contributed by atoms with Crippen molar-refractivity contribution in [2.24, 2.45) is 0 Å². The molecule has 0 atom stereocenters. The molecular formula is C11H15FN2O3. The zero-order valence-electron chi connectivity index (χ0n) is 9.74. The molecule has 0 aliphatic carbocycles. The van der Waals surface area contributed by atoms with Crippen LogP contribution in [0.15, 0.2) is 12.1 Å². The van der Waals surface area contributed by atoms with Crippen molar-refractivity contribution in [3.05, 3.63) is 23.5 Å². The summed E-state index contributed by atoms with van der Waals surface area (Å²) in [6.45, 7) is 0.925. The number of benzene rings is 1. The van der Waals surface area contributed by atoms with Gasteiger partial charge in [-0.15, -0.1) is 0 Å². The molecule has 0 heterocycles. The summed E-state index contributed by atoms with van der Waals surface area (Å²) in [6, 6.07) is 2.55. The minimum atomic E-state index is -1.25. The van der Waals surface area contributed by atoms with Crippen molar-refractivity contribution < 1.29 is 19.0 Å². The third-order valence-electron chi connectivity index (χ3n) is 2.43. The monoisotopic (exact) mass is 242 g/mol. The molecule has 1 rings (SSSR count). The molecule has 0 unspecified atom stereocenters. The molecule has 94 valence electrons. The highest BCUT2D eigenvalue weighted by molar-refractivity contribution is 6.00. The molecule has 0 spiro atoms. The average Bonchev–Trinajstić information content (AvgIpc) is 2.28. The summed E-state index contributed by atoms with van der Waals surface area (Å²) in [5.74, 6) is -1.98. The molecule has 1 aromatic rings. The lowest BCUT2D eigenvalue weighted by Gasteiger charge is -2.21. The summed E-state index contributed by atoms with van der Waals surface area (Å²) in [5.41, 5.74) is 5.24. The van der Waals surface area contributed by atoms with Crippen LogP contribution in [0.2, 0.25) is 0 Å². The Morgan fingerprint density at radius 1 is 1.59 bits per heavy atom. The molecule has 3 N–H and O–H groups in total. The summed E-state index contributed by atoms with van der Waals surface area (Å²) in [5, 5.41) is 9.04. The lowest BCUT2D eigenvalue weighted by molar-refractivity contribution is 0.0698. The van der Waals surface area contributed by atoms with E-state index in [0.29, 0.717) is 18.8 Å². The van der Waals surface area contributed by atoms with Crippen LogP contribution < -0.4 is 10.6 Å². The number of carbonyl (C=O) groups is 1. The van der Waals surface area contributed by atoms with Gasteiger partial charge in [0.05, 0.1) is 18.0 Å². The SMILES string of the molecule is COCCN(C)c1ccc(F)c(N)c1C(=O)O. The summed E-state index contributed by atoms with van der Waals surface area (Å²) in [4.78, 5) is 12.7. The van der Waals surface area contributed by atoms with E-state index in [1.807, 2.05) is 0 Å². The molecule has 0 bridgehead atoms. The van der Waals surface area contributed by atoms with Crippen molar-refractivity contribution in [1.82, 2.24) is 0 Å². The number of hydrogen-bond acceptors (Lipinski definition) is 4. The first-order valence-corrected chi connectivity index (χ1v) is 5.00. The second-order valence-electron chi connectivity index (χ2n) is 3.57. The predicted octanol–water partition coefficient (Wildman–Crippen LogP) is 1.19. The summed E-state index contributed by atoms with van der Waals surface area (Å²) < 4.78 is 18.1. The number of hydrogen-bond donors (Lipinski definition) is 2. The van der Waals surface area contributed by atoms with Crippen molar-refractivity contribution in [2.45, 2.75) is 0 Å². The average molecular weight is 242 g/mol. The maximum Gasteiger partial charge on any atom is 0.340 e. The van der Waals surface area contributed by atoms with Crippen molar-refractivity contribution in [3.63, 3.8) is 0 Å². The first-order valence-electron chi connectivity index (χ1n) is 5.00. The van der Waals surface area contributed by atoms with Gasteiger partial charge < -0.3 is 20.5 Å². The van der Waals surface area contributed by atoms with Crippen LogP contribution in [0, 0.1) is 5.82 Å². The fourth-order valence-electron chi connectivity index (χ4n) is 1.47. The Morgan fingerprint density at radius 3 is 2.76 bits per heavy atom. The van der Waals surface area contributed by atoms with Crippen molar-refractivity contribution in [2.75, 3.05) is 37.9 Å². The van der Waals surface area contributed by atoms with Crippen LogP contribution in [-0.4, -0.2) is 38.4 Å². The molecule has 0 fully saturated rings. The van der Waals surface area contributed by atoms with E-state index in [-0.39, 0.29) is 11.3 Å². The number of ether oxygens (including phenoxy) is 1. The van der Waals surface area contributed by atoms with Crippen LogP contribution >= 0.6 is 0 Å². The molecule has 0 saturated carbocycles.